The highest BCUT2D eigenvalue weighted by Crippen LogP contribution is 2.24. The van der Waals surface area contributed by atoms with Crippen LogP contribution in [0.5, 0.6) is 0 Å². The van der Waals surface area contributed by atoms with Gasteiger partial charge in [0.05, 0.1) is 17.5 Å². The number of aromatic amines is 1. The molecule has 1 aliphatic heterocycles. The standard InChI is InChI=1S/C18H24N4OS/c23-18(14-24-13-17-19-8-9-20-17)21-12-16(22-10-4-5-11-22)15-6-2-1-3-7-15/h1-3,6-9,16H,4-5,10-14H2,(H,19,20)(H,21,23)/t16-/m0/s1. The number of carbonyl (C=O) groups is 1. The normalized spacial score (nSPS) is 16.2. The summed E-state index contributed by atoms with van der Waals surface area (Å²) < 4.78 is 0. The average Bonchev–Trinajstić information content (AvgIpc) is 3.30. The van der Waals surface area contributed by atoms with E-state index >= 15 is 0 Å². The Kier molecular flexibility index (Phi) is 6.32. The summed E-state index contributed by atoms with van der Waals surface area (Å²) in [7, 11) is 0. The molecule has 0 bridgehead atoms. The molecule has 1 fully saturated rings. The Hall–Kier alpha value is -1.79. The fraction of sp³-hybridized carbons (Fsp3) is 0.444. The summed E-state index contributed by atoms with van der Waals surface area (Å²) in [5, 5.41) is 3.11. The van der Waals surface area contributed by atoms with Gasteiger partial charge in [-0.05, 0) is 31.5 Å². The van der Waals surface area contributed by atoms with E-state index in [0.29, 0.717) is 12.3 Å². The zero-order chi connectivity index (χ0) is 16.6. The molecular weight excluding hydrogens is 320 g/mol. The molecule has 0 radical (unpaired) electrons. The van der Waals surface area contributed by atoms with Crippen molar-refractivity contribution >= 4 is 17.7 Å². The first kappa shape index (κ1) is 17.0. The second-order valence-corrected chi connectivity index (χ2v) is 6.99. The average molecular weight is 344 g/mol. The van der Waals surface area contributed by atoms with E-state index in [4.69, 9.17) is 0 Å². The molecule has 1 atom stereocenters. The second-order valence-electron chi connectivity index (χ2n) is 6.00. The van der Waals surface area contributed by atoms with Crippen LogP contribution in [0.25, 0.3) is 0 Å². The lowest BCUT2D eigenvalue weighted by Crippen LogP contribution is -2.37. The van der Waals surface area contributed by atoms with E-state index in [9.17, 15) is 4.79 Å². The third-order valence-electron chi connectivity index (χ3n) is 4.29. The summed E-state index contributed by atoms with van der Waals surface area (Å²) in [5.41, 5.74) is 1.28. The maximum Gasteiger partial charge on any atom is 0.230 e. The number of aromatic nitrogens is 2. The minimum Gasteiger partial charge on any atom is -0.353 e. The highest BCUT2D eigenvalue weighted by molar-refractivity contribution is 7.99. The first-order chi connectivity index (χ1) is 11.8. The van der Waals surface area contributed by atoms with Gasteiger partial charge in [-0.1, -0.05) is 30.3 Å². The van der Waals surface area contributed by atoms with Crippen molar-refractivity contribution in [2.45, 2.75) is 24.6 Å². The van der Waals surface area contributed by atoms with Crippen LogP contribution in [0.3, 0.4) is 0 Å². The molecule has 0 aliphatic carbocycles. The van der Waals surface area contributed by atoms with Gasteiger partial charge in [-0.3, -0.25) is 9.69 Å². The predicted octanol–water partition coefficient (Wildman–Crippen LogP) is 2.60. The van der Waals surface area contributed by atoms with E-state index in [0.717, 1.165) is 24.7 Å². The van der Waals surface area contributed by atoms with E-state index in [1.807, 2.05) is 6.07 Å². The van der Waals surface area contributed by atoms with Crippen molar-refractivity contribution in [1.29, 1.82) is 0 Å². The molecule has 0 spiro atoms. The first-order valence-corrected chi connectivity index (χ1v) is 9.60. The summed E-state index contributed by atoms with van der Waals surface area (Å²) in [6.07, 6.45) is 6.03. The number of rotatable bonds is 8. The summed E-state index contributed by atoms with van der Waals surface area (Å²) in [4.78, 5) is 21.8. The van der Waals surface area contributed by atoms with Gasteiger partial charge in [0.25, 0.3) is 0 Å². The monoisotopic (exact) mass is 344 g/mol. The number of nitrogens with one attached hydrogen (secondary N) is 2. The smallest absolute Gasteiger partial charge is 0.230 e. The van der Waals surface area contributed by atoms with Crippen molar-refractivity contribution in [1.82, 2.24) is 20.2 Å². The van der Waals surface area contributed by atoms with Crippen LogP contribution in [-0.2, 0) is 10.5 Å². The van der Waals surface area contributed by atoms with Crippen molar-refractivity contribution in [3.63, 3.8) is 0 Å². The first-order valence-electron chi connectivity index (χ1n) is 8.44. The molecule has 3 rings (SSSR count). The Bertz CT molecular complexity index is 611. The van der Waals surface area contributed by atoms with Crippen molar-refractivity contribution in [3.05, 3.63) is 54.1 Å². The fourth-order valence-electron chi connectivity index (χ4n) is 3.07. The van der Waals surface area contributed by atoms with E-state index in [1.165, 1.54) is 18.4 Å². The molecule has 1 aromatic carbocycles. The van der Waals surface area contributed by atoms with E-state index in [-0.39, 0.29) is 11.9 Å². The zero-order valence-electron chi connectivity index (χ0n) is 13.8. The molecule has 1 saturated heterocycles. The third-order valence-corrected chi connectivity index (χ3v) is 5.23. The van der Waals surface area contributed by atoms with Crippen LogP contribution >= 0.6 is 11.8 Å². The van der Waals surface area contributed by atoms with Gasteiger partial charge in [0.15, 0.2) is 0 Å². The zero-order valence-corrected chi connectivity index (χ0v) is 14.6. The maximum atomic E-state index is 12.1. The number of H-pyrrole nitrogens is 1. The predicted molar refractivity (Wildman–Crippen MR) is 97.7 cm³/mol. The summed E-state index contributed by atoms with van der Waals surface area (Å²) in [6, 6.07) is 10.8. The van der Waals surface area contributed by atoms with Crippen LogP contribution in [0.1, 0.15) is 30.3 Å². The fourth-order valence-corrected chi connectivity index (χ4v) is 3.81. The van der Waals surface area contributed by atoms with Crippen molar-refractivity contribution in [2.24, 2.45) is 0 Å². The number of imidazole rings is 1. The number of benzene rings is 1. The molecule has 24 heavy (non-hydrogen) atoms. The summed E-state index contributed by atoms with van der Waals surface area (Å²) in [6.45, 7) is 2.90. The molecule has 0 saturated carbocycles. The lowest BCUT2D eigenvalue weighted by Gasteiger charge is -2.28. The van der Waals surface area contributed by atoms with Gasteiger partial charge < -0.3 is 10.3 Å². The van der Waals surface area contributed by atoms with E-state index in [1.54, 1.807) is 24.2 Å². The third kappa shape index (κ3) is 4.85. The molecule has 0 unspecified atom stereocenters. The van der Waals surface area contributed by atoms with Gasteiger partial charge in [0.2, 0.25) is 5.91 Å². The Morgan fingerprint density at radius 2 is 2.08 bits per heavy atom. The Labute approximate surface area is 147 Å². The lowest BCUT2D eigenvalue weighted by molar-refractivity contribution is -0.118. The largest absolute Gasteiger partial charge is 0.353 e. The van der Waals surface area contributed by atoms with Crippen molar-refractivity contribution < 1.29 is 4.79 Å². The van der Waals surface area contributed by atoms with Gasteiger partial charge in [0.1, 0.15) is 5.82 Å². The molecule has 1 aromatic heterocycles. The number of hydrogen-bond donors (Lipinski definition) is 2. The van der Waals surface area contributed by atoms with Crippen LogP contribution in [0.15, 0.2) is 42.7 Å². The quantitative estimate of drug-likeness (QED) is 0.773. The van der Waals surface area contributed by atoms with Gasteiger partial charge in [0, 0.05) is 18.9 Å². The summed E-state index contributed by atoms with van der Waals surface area (Å²) in [5.74, 6) is 2.19. The lowest BCUT2D eigenvalue weighted by atomic mass is 10.1. The molecule has 1 aliphatic rings. The van der Waals surface area contributed by atoms with Crippen LogP contribution in [0.2, 0.25) is 0 Å². The second kappa shape index (κ2) is 8.89. The number of likely N-dealkylation sites (tertiary alicyclic amines) is 1. The Morgan fingerprint density at radius 3 is 2.79 bits per heavy atom. The van der Waals surface area contributed by atoms with Crippen molar-refractivity contribution in [3.8, 4) is 0 Å². The number of hydrogen-bond acceptors (Lipinski definition) is 4. The Morgan fingerprint density at radius 1 is 1.29 bits per heavy atom. The molecule has 2 aromatic rings. The molecule has 128 valence electrons. The molecule has 6 heteroatoms. The van der Waals surface area contributed by atoms with Gasteiger partial charge in [-0.2, -0.15) is 0 Å². The molecule has 2 N–H and O–H groups in total. The van der Waals surface area contributed by atoms with Crippen LogP contribution < -0.4 is 5.32 Å². The van der Waals surface area contributed by atoms with E-state index in [2.05, 4.69) is 44.5 Å². The topological polar surface area (TPSA) is 61.0 Å². The van der Waals surface area contributed by atoms with Gasteiger partial charge in [-0.25, -0.2) is 4.98 Å². The van der Waals surface area contributed by atoms with Crippen LogP contribution in [0, 0.1) is 0 Å². The highest BCUT2D eigenvalue weighted by atomic mass is 32.2. The molecule has 2 heterocycles. The van der Waals surface area contributed by atoms with Crippen LogP contribution in [-0.4, -0.2) is 46.2 Å². The van der Waals surface area contributed by atoms with Gasteiger partial charge >= 0.3 is 0 Å². The Balaban J connectivity index is 1.48. The molecule has 5 nitrogen and oxygen atoms in total. The van der Waals surface area contributed by atoms with E-state index < -0.39 is 0 Å². The number of thioether (sulfide) groups is 1. The summed E-state index contributed by atoms with van der Waals surface area (Å²) >= 11 is 1.58. The number of carbonyl (C=O) groups excluding carboxylic acids is 1. The minimum atomic E-state index is 0.0895. The number of amides is 1. The molecule has 1 amide bonds. The number of nitrogens with zero attached hydrogens (tertiary/aromatic N) is 2. The SMILES string of the molecule is O=C(CSCc1ncc[nH]1)NC[C@@H](c1ccccc1)N1CCCC1. The maximum absolute atomic E-state index is 12.1. The van der Waals surface area contributed by atoms with Gasteiger partial charge in [-0.15, -0.1) is 11.8 Å². The molecular formula is C18H24N4OS. The highest BCUT2D eigenvalue weighted by Gasteiger charge is 2.23. The van der Waals surface area contributed by atoms with Crippen LogP contribution in [0.4, 0.5) is 0 Å². The minimum absolute atomic E-state index is 0.0895. The van der Waals surface area contributed by atoms with Crippen molar-refractivity contribution in [2.75, 3.05) is 25.4 Å².